The van der Waals surface area contributed by atoms with Gasteiger partial charge in [0.1, 0.15) is 0 Å². The van der Waals surface area contributed by atoms with Gasteiger partial charge < -0.3 is 4.42 Å². The van der Waals surface area contributed by atoms with E-state index >= 15 is 0 Å². The van der Waals surface area contributed by atoms with E-state index in [1.165, 1.54) is 17.8 Å². The molecular weight excluding hydrogens is 342 g/mol. The Kier molecular flexibility index (Phi) is 4.16. The number of anilines is 1. The molecule has 1 fully saturated rings. The van der Waals surface area contributed by atoms with Gasteiger partial charge in [-0.1, -0.05) is 24.4 Å². The number of aromatic nitrogens is 2. The van der Waals surface area contributed by atoms with Gasteiger partial charge in [0, 0.05) is 5.92 Å². The van der Waals surface area contributed by atoms with Crippen molar-refractivity contribution in [3.05, 3.63) is 15.9 Å². The number of rotatable bonds is 3. The van der Waals surface area contributed by atoms with E-state index in [4.69, 9.17) is 4.42 Å². The van der Waals surface area contributed by atoms with Crippen molar-refractivity contribution < 1.29 is 9.21 Å². The fraction of sp³-hybridized carbons (Fsp3) is 0.462. The summed E-state index contributed by atoms with van der Waals surface area (Å²) < 4.78 is 6.48. The van der Waals surface area contributed by atoms with Crippen molar-refractivity contribution in [2.75, 3.05) is 5.32 Å². The Morgan fingerprint density at radius 3 is 2.80 bits per heavy atom. The molecule has 2 aromatic heterocycles. The van der Waals surface area contributed by atoms with Crippen molar-refractivity contribution in [3.63, 3.8) is 0 Å². The fourth-order valence-corrected chi connectivity index (χ4v) is 3.68. The van der Waals surface area contributed by atoms with Crippen LogP contribution in [-0.4, -0.2) is 16.1 Å². The van der Waals surface area contributed by atoms with Gasteiger partial charge >= 0.3 is 6.01 Å². The van der Waals surface area contributed by atoms with Crippen LogP contribution in [0.3, 0.4) is 0 Å². The minimum absolute atomic E-state index is 0.00717. The lowest BCUT2D eigenvalue weighted by Crippen LogP contribution is -2.24. The summed E-state index contributed by atoms with van der Waals surface area (Å²) in [5, 5.41) is 10.6. The van der Waals surface area contributed by atoms with E-state index in [2.05, 4.69) is 31.4 Å². The molecule has 0 spiro atoms. The number of halogens is 1. The number of hydrogen-bond acceptors (Lipinski definition) is 5. The molecule has 1 aliphatic carbocycles. The van der Waals surface area contributed by atoms with Gasteiger partial charge in [0.15, 0.2) is 0 Å². The number of carbonyl (C=O) groups excluding carboxylic acids is 1. The van der Waals surface area contributed by atoms with E-state index in [0.29, 0.717) is 5.89 Å². The summed E-state index contributed by atoms with van der Waals surface area (Å²) in [5.74, 6) is 0.502. The van der Waals surface area contributed by atoms with Crippen LogP contribution in [-0.2, 0) is 4.79 Å². The molecule has 0 bridgehead atoms. The lowest BCUT2D eigenvalue weighted by molar-refractivity contribution is -0.120. The van der Waals surface area contributed by atoms with Crippen molar-refractivity contribution >= 4 is 39.2 Å². The van der Waals surface area contributed by atoms with E-state index in [1.807, 2.05) is 12.1 Å². The number of thiophene rings is 1. The van der Waals surface area contributed by atoms with Crippen molar-refractivity contribution in [3.8, 4) is 10.8 Å². The third-order valence-corrected chi connectivity index (χ3v) is 5.03. The third kappa shape index (κ3) is 3.09. The van der Waals surface area contributed by atoms with Gasteiger partial charge in [-0.25, -0.2) is 0 Å². The Bertz CT molecular complexity index is 604. The first-order valence-electron chi connectivity index (χ1n) is 6.62. The first kappa shape index (κ1) is 13.8. The lowest BCUT2D eigenvalue weighted by Gasteiger charge is -2.19. The largest absolute Gasteiger partial charge is 0.402 e. The van der Waals surface area contributed by atoms with Crippen LogP contribution >= 0.6 is 27.3 Å². The summed E-state index contributed by atoms with van der Waals surface area (Å²) in [5.41, 5.74) is 0. The maximum Gasteiger partial charge on any atom is 0.322 e. The van der Waals surface area contributed by atoms with E-state index in [0.717, 1.165) is 34.3 Å². The van der Waals surface area contributed by atoms with E-state index in [9.17, 15) is 4.79 Å². The second-order valence-electron chi connectivity index (χ2n) is 4.84. The molecule has 1 saturated carbocycles. The van der Waals surface area contributed by atoms with Crippen LogP contribution in [0.5, 0.6) is 0 Å². The van der Waals surface area contributed by atoms with E-state index in [-0.39, 0.29) is 17.8 Å². The quantitative estimate of drug-likeness (QED) is 0.900. The van der Waals surface area contributed by atoms with Crippen molar-refractivity contribution in [1.29, 1.82) is 0 Å². The van der Waals surface area contributed by atoms with Crippen molar-refractivity contribution in [1.82, 2.24) is 10.2 Å². The highest BCUT2D eigenvalue weighted by atomic mass is 79.9. The average Bonchev–Trinajstić information content (AvgIpc) is 3.09. The standard InChI is InChI=1S/C13H14BrN3O2S/c14-10-7-6-9(20-10)12-16-17-13(19-12)15-11(18)8-4-2-1-3-5-8/h6-8H,1-5H2,(H,15,17,18). The normalized spacial score (nSPS) is 16.2. The Morgan fingerprint density at radius 1 is 1.30 bits per heavy atom. The lowest BCUT2D eigenvalue weighted by atomic mass is 9.89. The minimum Gasteiger partial charge on any atom is -0.402 e. The molecule has 5 nitrogen and oxygen atoms in total. The Hall–Kier alpha value is -1.21. The molecule has 0 atom stereocenters. The Morgan fingerprint density at radius 2 is 2.10 bits per heavy atom. The van der Waals surface area contributed by atoms with E-state index in [1.54, 1.807) is 0 Å². The van der Waals surface area contributed by atoms with Crippen molar-refractivity contribution in [2.24, 2.45) is 5.92 Å². The van der Waals surface area contributed by atoms with Crippen LogP contribution in [0.2, 0.25) is 0 Å². The number of hydrogen-bond donors (Lipinski definition) is 1. The zero-order valence-electron chi connectivity index (χ0n) is 10.8. The third-order valence-electron chi connectivity index (χ3n) is 3.42. The van der Waals surface area contributed by atoms with Crippen LogP contribution in [0.15, 0.2) is 20.3 Å². The van der Waals surface area contributed by atoms with Gasteiger partial charge in [-0.15, -0.1) is 16.4 Å². The average molecular weight is 356 g/mol. The molecule has 2 heterocycles. The molecular formula is C13H14BrN3O2S. The highest BCUT2D eigenvalue weighted by molar-refractivity contribution is 9.11. The molecule has 3 rings (SSSR count). The molecule has 20 heavy (non-hydrogen) atoms. The van der Waals surface area contributed by atoms with E-state index < -0.39 is 0 Å². The summed E-state index contributed by atoms with van der Waals surface area (Å²) >= 11 is 4.90. The van der Waals surface area contributed by atoms with Gasteiger partial charge in [-0.3, -0.25) is 10.1 Å². The molecule has 1 amide bonds. The van der Waals surface area contributed by atoms with Crippen molar-refractivity contribution in [2.45, 2.75) is 32.1 Å². The summed E-state index contributed by atoms with van der Waals surface area (Å²) in [4.78, 5) is 13.0. The predicted molar refractivity (Wildman–Crippen MR) is 80.5 cm³/mol. The van der Waals surface area contributed by atoms with Gasteiger partial charge in [-0.2, -0.15) is 0 Å². The maximum atomic E-state index is 12.1. The van der Waals surface area contributed by atoms with Gasteiger partial charge in [-0.05, 0) is 40.9 Å². The van der Waals surface area contributed by atoms with Crippen LogP contribution in [0.25, 0.3) is 10.8 Å². The minimum atomic E-state index is -0.00717. The number of nitrogens with one attached hydrogen (secondary N) is 1. The molecule has 0 radical (unpaired) electrons. The van der Waals surface area contributed by atoms with Gasteiger partial charge in [0.05, 0.1) is 8.66 Å². The first-order valence-corrected chi connectivity index (χ1v) is 8.23. The molecule has 1 N–H and O–H groups in total. The predicted octanol–water partition coefficient (Wildman–Crippen LogP) is 4.08. The number of amides is 1. The fourth-order valence-electron chi connectivity index (χ4n) is 2.37. The topological polar surface area (TPSA) is 68.0 Å². The SMILES string of the molecule is O=C(Nc1nnc(-c2ccc(Br)s2)o1)C1CCCCC1. The molecule has 0 saturated heterocycles. The summed E-state index contributed by atoms with van der Waals surface area (Å²) in [6.07, 6.45) is 5.37. The highest BCUT2D eigenvalue weighted by Crippen LogP contribution is 2.31. The second-order valence-corrected chi connectivity index (χ2v) is 7.30. The molecule has 0 aromatic carbocycles. The first-order chi connectivity index (χ1) is 9.72. The zero-order chi connectivity index (χ0) is 13.9. The number of carbonyl (C=O) groups is 1. The monoisotopic (exact) mass is 355 g/mol. The second kappa shape index (κ2) is 6.05. The van der Waals surface area contributed by atoms with Gasteiger partial charge in [0.2, 0.25) is 5.91 Å². The smallest absolute Gasteiger partial charge is 0.322 e. The summed E-state index contributed by atoms with van der Waals surface area (Å²) in [6.45, 7) is 0. The van der Waals surface area contributed by atoms with Gasteiger partial charge in [0.25, 0.3) is 5.89 Å². The Balaban J connectivity index is 1.66. The number of nitrogens with zero attached hydrogens (tertiary/aromatic N) is 2. The highest BCUT2D eigenvalue weighted by Gasteiger charge is 2.22. The molecule has 0 aliphatic heterocycles. The maximum absolute atomic E-state index is 12.1. The van der Waals surface area contributed by atoms with Crippen LogP contribution in [0.1, 0.15) is 32.1 Å². The molecule has 1 aliphatic rings. The van der Waals surface area contributed by atoms with Crippen LogP contribution < -0.4 is 5.32 Å². The molecule has 2 aromatic rings. The summed E-state index contributed by atoms with van der Waals surface area (Å²) in [6, 6.07) is 4.00. The molecule has 106 valence electrons. The molecule has 7 heteroatoms. The van der Waals surface area contributed by atoms with Crippen LogP contribution in [0.4, 0.5) is 6.01 Å². The Labute approximate surface area is 128 Å². The summed E-state index contributed by atoms with van der Waals surface area (Å²) in [7, 11) is 0. The zero-order valence-corrected chi connectivity index (χ0v) is 13.2. The molecule has 0 unspecified atom stereocenters. The van der Waals surface area contributed by atoms with Crippen LogP contribution in [0, 0.1) is 5.92 Å².